The van der Waals surface area contributed by atoms with Crippen molar-refractivity contribution in [2.24, 2.45) is 16.5 Å². The number of carbonyl (C=O) groups is 2. The van der Waals surface area contributed by atoms with Gasteiger partial charge in [-0.05, 0) is 67.6 Å². The van der Waals surface area contributed by atoms with E-state index < -0.39 is 41.6 Å². The molecule has 4 rings (SSSR count). The third-order valence-corrected chi connectivity index (χ3v) is 7.24. The van der Waals surface area contributed by atoms with E-state index in [1.807, 2.05) is 0 Å². The van der Waals surface area contributed by atoms with E-state index in [0.717, 1.165) is 5.56 Å². The van der Waals surface area contributed by atoms with Crippen molar-refractivity contribution in [3.05, 3.63) is 64.7 Å². The lowest BCUT2D eigenvalue weighted by atomic mass is 10.1. The highest BCUT2D eigenvalue weighted by molar-refractivity contribution is 6.30. The minimum absolute atomic E-state index is 0.165. The van der Waals surface area contributed by atoms with E-state index >= 15 is 0 Å². The number of hydrogen-bond donors (Lipinski definition) is 8. The molecular weight excluding hydrogens is 649 g/mol. The molecule has 0 spiro atoms. The molecule has 1 heterocycles. The van der Waals surface area contributed by atoms with Gasteiger partial charge >= 0.3 is 18.2 Å². The van der Waals surface area contributed by atoms with Gasteiger partial charge in [0, 0.05) is 29.9 Å². The summed E-state index contributed by atoms with van der Waals surface area (Å²) in [7, 11) is 1.52. The number of anilines is 3. The van der Waals surface area contributed by atoms with E-state index in [2.05, 4.69) is 45.9 Å². The molecule has 0 aliphatic heterocycles. The molecule has 0 saturated heterocycles. The Balaban J connectivity index is 1.50. The number of carbonyl (C=O) groups excluding carboxylic acids is 2. The molecule has 1 saturated carbocycles. The van der Waals surface area contributed by atoms with Gasteiger partial charge in [0.15, 0.2) is 5.96 Å². The van der Waals surface area contributed by atoms with Gasteiger partial charge in [0.25, 0.3) is 5.91 Å². The topological polar surface area (TPSA) is 235 Å². The normalized spacial score (nSPS) is 14.9. The lowest BCUT2D eigenvalue weighted by molar-refractivity contribution is -0.430. The van der Waals surface area contributed by atoms with Gasteiger partial charge in [-0.25, -0.2) is 0 Å². The Labute approximate surface area is 271 Å². The summed E-state index contributed by atoms with van der Waals surface area (Å²) in [5, 5.41) is 30.7. The maximum absolute atomic E-state index is 13.1. The van der Waals surface area contributed by atoms with Gasteiger partial charge in [-0.1, -0.05) is 23.7 Å². The molecule has 2 amide bonds. The quantitative estimate of drug-likeness (QED) is 0.0527. The molecule has 47 heavy (non-hydrogen) atoms. The van der Waals surface area contributed by atoms with Crippen molar-refractivity contribution in [2.45, 2.75) is 49.4 Å². The van der Waals surface area contributed by atoms with E-state index in [4.69, 9.17) is 23.1 Å². The van der Waals surface area contributed by atoms with Gasteiger partial charge in [0.05, 0.1) is 5.54 Å². The van der Waals surface area contributed by atoms with Crippen LogP contribution in [0.15, 0.2) is 53.5 Å². The fraction of sp³-hybridized carbons (Fsp3) is 0.357. The lowest BCUT2D eigenvalue weighted by Gasteiger charge is -2.24. The second kappa shape index (κ2) is 14.2. The van der Waals surface area contributed by atoms with E-state index in [1.165, 1.54) is 31.3 Å². The van der Waals surface area contributed by atoms with Crippen LogP contribution in [0.2, 0.25) is 5.02 Å². The van der Waals surface area contributed by atoms with Crippen molar-refractivity contribution in [3.8, 4) is 6.01 Å². The molecule has 10 N–H and O–H groups in total. The molecule has 0 unspecified atom stereocenters. The van der Waals surface area contributed by atoms with Crippen LogP contribution in [0.3, 0.4) is 0 Å². The number of guanidine groups is 1. The highest BCUT2D eigenvalue weighted by atomic mass is 35.5. The summed E-state index contributed by atoms with van der Waals surface area (Å²) in [6, 6.07) is 10.6. The number of rotatable bonds is 14. The Morgan fingerprint density at radius 1 is 1.04 bits per heavy atom. The zero-order valence-electron chi connectivity index (χ0n) is 24.8. The first-order valence-electron chi connectivity index (χ1n) is 14.0. The first-order chi connectivity index (χ1) is 22.1. The van der Waals surface area contributed by atoms with Crippen molar-refractivity contribution in [3.63, 3.8) is 0 Å². The maximum Gasteiger partial charge on any atom is 0.486 e. The number of ether oxygens (including phenoxy) is 1. The molecule has 15 nitrogen and oxygen atoms in total. The van der Waals surface area contributed by atoms with Crippen molar-refractivity contribution < 1.29 is 37.7 Å². The minimum atomic E-state index is -5.60. The summed E-state index contributed by atoms with van der Waals surface area (Å²) in [5.41, 5.74) is 11.6. The molecular formula is C28H32ClF3N10O5. The van der Waals surface area contributed by atoms with Crippen LogP contribution in [0.25, 0.3) is 0 Å². The Kier molecular flexibility index (Phi) is 10.6. The number of alkyl halides is 3. The summed E-state index contributed by atoms with van der Waals surface area (Å²) < 4.78 is 43.7. The summed E-state index contributed by atoms with van der Waals surface area (Å²) in [5.74, 6) is -6.23. The highest BCUT2D eigenvalue weighted by Gasteiger charge is 2.57. The zero-order valence-corrected chi connectivity index (χ0v) is 25.6. The smallest absolute Gasteiger partial charge is 0.398 e. The van der Waals surface area contributed by atoms with E-state index in [-0.39, 0.29) is 35.5 Å². The van der Waals surface area contributed by atoms with Crippen LogP contribution < -0.4 is 37.5 Å². The first-order valence-corrected chi connectivity index (χ1v) is 14.4. The van der Waals surface area contributed by atoms with Crippen molar-refractivity contribution in [1.29, 1.82) is 0 Å². The van der Waals surface area contributed by atoms with Gasteiger partial charge in [-0.3, -0.25) is 14.6 Å². The van der Waals surface area contributed by atoms with Crippen LogP contribution in [0.5, 0.6) is 6.01 Å². The largest absolute Gasteiger partial charge is 0.486 e. The zero-order chi connectivity index (χ0) is 34.4. The summed E-state index contributed by atoms with van der Waals surface area (Å²) in [4.78, 5) is 40.2. The molecule has 0 radical (unpaired) electrons. The van der Waals surface area contributed by atoms with Crippen LogP contribution >= 0.6 is 11.6 Å². The van der Waals surface area contributed by atoms with Crippen LogP contribution in [-0.2, 0) is 10.3 Å². The number of aromatic nitrogens is 3. The Morgan fingerprint density at radius 3 is 2.26 bits per heavy atom. The number of amides is 2. The van der Waals surface area contributed by atoms with Gasteiger partial charge in [0.1, 0.15) is 6.04 Å². The minimum Gasteiger partial charge on any atom is -0.398 e. The predicted molar refractivity (Wildman–Crippen MR) is 165 cm³/mol. The molecule has 2 aromatic carbocycles. The number of nitrogens with one attached hydrogen (secondary N) is 4. The van der Waals surface area contributed by atoms with Gasteiger partial charge in [0.2, 0.25) is 17.8 Å². The monoisotopic (exact) mass is 680 g/mol. The number of nitrogens with zero attached hydrogens (tertiary/aromatic N) is 4. The molecule has 1 fully saturated rings. The summed E-state index contributed by atoms with van der Waals surface area (Å²) in [6.07, 6.45) is -3.64. The average Bonchev–Trinajstić information content (AvgIpc) is 3.78. The number of benzene rings is 2. The number of halogens is 4. The highest BCUT2D eigenvalue weighted by Crippen LogP contribution is 2.48. The third-order valence-electron chi connectivity index (χ3n) is 6.98. The Bertz CT molecular complexity index is 1600. The van der Waals surface area contributed by atoms with Gasteiger partial charge in [-0.2, -0.15) is 28.1 Å². The number of hydrogen-bond acceptors (Lipinski definition) is 11. The number of nitrogens with two attached hydrogens (primary N) is 2. The lowest BCUT2D eigenvalue weighted by Crippen LogP contribution is -2.50. The van der Waals surface area contributed by atoms with Crippen LogP contribution in [0.4, 0.5) is 30.8 Å². The maximum atomic E-state index is 13.1. The molecule has 252 valence electrons. The average molecular weight is 681 g/mol. The second-order valence-electron chi connectivity index (χ2n) is 10.5. The standard InChI is InChI=1S/C28H32ClF3N10O5/c1-35-22(34)36-14-2-3-19(20(33)43)38-21(44)15-4-10-18(11-5-15)37-23-39-24(41-25(40-23)47-28(45,46)27(30,31)32)42-26(12-13-26)16-6-8-17(29)9-7-16/h4-11,19,45-46H,2-3,12-14H2,1H3,(H2,33,43)(H,38,44)(H3,34,35,36)(H2,37,39,40,41,42)/t19-/m0/s1. The SMILES string of the molecule is CN=C(N)NCCC[C@H](NC(=O)c1ccc(Nc2nc(NC3(c4ccc(Cl)cc4)CC3)nc(OC(O)(O)C(F)(F)F)n2)cc1)C(N)=O. The number of aliphatic imine (C=N–C) groups is 1. The van der Waals surface area contributed by atoms with E-state index in [9.17, 15) is 33.0 Å². The van der Waals surface area contributed by atoms with Crippen LogP contribution in [-0.4, -0.2) is 74.7 Å². The Hall–Kier alpha value is -4.94. The van der Waals surface area contributed by atoms with Gasteiger partial charge < -0.3 is 47.7 Å². The fourth-order valence-corrected chi connectivity index (χ4v) is 4.38. The van der Waals surface area contributed by atoms with Crippen LogP contribution in [0.1, 0.15) is 41.6 Å². The predicted octanol–water partition coefficient (Wildman–Crippen LogP) is 1.85. The van der Waals surface area contributed by atoms with E-state index in [0.29, 0.717) is 30.8 Å². The molecule has 1 atom stereocenters. The van der Waals surface area contributed by atoms with Gasteiger partial charge in [-0.15, -0.1) is 0 Å². The fourth-order valence-electron chi connectivity index (χ4n) is 4.26. The second-order valence-corrected chi connectivity index (χ2v) is 10.9. The summed E-state index contributed by atoms with van der Waals surface area (Å²) in [6.45, 7) is 0.403. The van der Waals surface area contributed by atoms with Crippen molar-refractivity contribution in [1.82, 2.24) is 25.6 Å². The molecule has 3 aromatic rings. The third kappa shape index (κ3) is 9.30. The van der Waals surface area contributed by atoms with Crippen molar-refractivity contribution in [2.75, 3.05) is 24.2 Å². The first kappa shape index (κ1) is 34.9. The van der Waals surface area contributed by atoms with Crippen molar-refractivity contribution >= 4 is 47.0 Å². The number of primary amides is 1. The molecule has 1 aliphatic rings. The molecule has 0 bridgehead atoms. The van der Waals surface area contributed by atoms with E-state index in [1.54, 1.807) is 24.3 Å². The number of aliphatic hydroxyl groups is 2. The summed E-state index contributed by atoms with van der Waals surface area (Å²) >= 11 is 5.99. The molecule has 1 aliphatic carbocycles. The molecule has 19 heteroatoms. The van der Waals surface area contributed by atoms with Crippen LogP contribution in [0, 0.1) is 0 Å². The Morgan fingerprint density at radius 2 is 1.68 bits per heavy atom. The molecule has 1 aromatic heterocycles.